The van der Waals surface area contributed by atoms with Gasteiger partial charge in [0.25, 0.3) is 0 Å². The van der Waals surface area contributed by atoms with Gasteiger partial charge >= 0.3 is 5.97 Å². The number of carbonyl (C=O) groups is 1. The predicted octanol–water partition coefficient (Wildman–Crippen LogP) is 4.31. The van der Waals surface area contributed by atoms with Crippen molar-refractivity contribution in [3.8, 4) is 17.6 Å². The lowest BCUT2D eigenvalue weighted by molar-refractivity contribution is -0.149. The Kier molecular flexibility index (Phi) is 10.6. The maximum atomic E-state index is 11.2. The van der Waals surface area contributed by atoms with Crippen LogP contribution in [-0.4, -0.2) is 49.2 Å². The molecule has 0 aliphatic heterocycles. The molecule has 32 heavy (non-hydrogen) atoms. The minimum Gasteiger partial charge on any atom is -0.498 e. The van der Waals surface area contributed by atoms with E-state index >= 15 is 0 Å². The van der Waals surface area contributed by atoms with Crippen molar-refractivity contribution in [3.05, 3.63) is 66.0 Å². The number of aliphatic carboxylic acids is 1. The molecule has 1 aromatic rings. The molecule has 0 bridgehead atoms. The van der Waals surface area contributed by atoms with Gasteiger partial charge in [0.2, 0.25) is 0 Å². The van der Waals surface area contributed by atoms with Crippen molar-refractivity contribution in [2.75, 3.05) is 26.4 Å². The first-order valence-electron chi connectivity index (χ1n) is 10.9. The van der Waals surface area contributed by atoms with E-state index in [0.29, 0.717) is 45.0 Å². The lowest BCUT2D eigenvalue weighted by atomic mass is 9.94. The molecule has 0 spiro atoms. The lowest BCUT2D eigenvalue weighted by Gasteiger charge is -2.28. The minimum atomic E-state index is -0.960. The van der Waals surface area contributed by atoms with Gasteiger partial charge in [-0.2, -0.15) is 0 Å². The summed E-state index contributed by atoms with van der Waals surface area (Å²) in [5.41, 5.74) is 0.200. The fourth-order valence-electron chi connectivity index (χ4n) is 3.22. The Morgan fingerprint density at radius 2 is 1.94 bits per heavy atom. The number of rotatable bonds is 12. The maximum absolute atomic E-state index is 11.2. The van der Waals surface area contributed by atoms with Crippen LogP contribution in [0.4, 0.5) is 0 Å². The normalized spacial score (nSPS) is 18.5. The van der Waals surface area contributed by atoms with Gasteiger partial charge < -0.3 is 24.1 Å². The van der Waals surface area contributed by atoms with Gasteiger partial charge in [-0.25, -0.2) is 4.79 Å². The van der Waals surface area contributed by atoms with Gasteiger partial charge in [-0.1, -0.05) is 30.0 Å². The molecule has 0 radical (unpaired) electrons. The Hall–Kier alpha value is -3.01. The van der Waals surface area contributed by atoms with E-state index in [1.54, 1.807) is 13.0 Å². The quantitative estimate of drug-likeness (QED) is 0.488. The predicted molar refractivity (Wildman–Crippen MR) is 123 cm³/mol. The summed E-state index contributed by atoms with van der Waals surface area (Å²) >= 11 is 0. The fourth-order valence-corrected chi connectivity index (χ4v) is 3.22. The van der Waals surface area contributed by atoms with E-state index < -0.39 is 17.7 Å². The van der Waals surface area contributed by atoms with Crippen LogP contribution in [0.5, 0.6) is 5.75 Å². The van der Waals surface area contributed by atoms with Gasteiger partial charge in [-0.05, 0) is 62.8 Å². The smallest absolute Gasteiger partial charge is 0.333 e. The van der Waals surface area contributed by atoms with Crippen LogP contribution in [0.3, 0.4) is 0 Å². The summed E-state index contributed by atoms with van der Waals surface area (Å²) in [7, 11) is 0. The van der Waals surface area contributed by atoms with Crippen molar-refractivity contribution in [2.24, 2.45) is 0 Å². The van der Waals surface area contributed by atoms with Crippen molar-refractivity contribution in [3.63, 3.8) is 0 Å². The van der Waals surface area contributed by atoms with Crippen molar-refractivity contribution in [2.45, 2.75) is 45.3 Å². The molecule has 1 unspecified atom stereocenters. The molecule has 0 heterocycles. The highest BCUT2D eigenvalue weighted by atomic mass is 16.5. The minimum absolute atomic E-state index is 0.315. The Balaban J connectivity index is 1.87. The summed E-state index contributed by atoms with van der Waals surface area (Å²) in [5, 5.41) is 9.18. The van der Waals surface area contributed by atoms with Crippen molar-refractivity contribution in [1.29, 1.82) is 0 Å². The van der Waals surface area contributed by atoms with Gasteiger partial charge in [-0.15, -0.1) is 0 Å². The highest BCUT2D eigenvalue weighted by molar-refractivity contribution is 5.72. The molecule has 2 atom stereocenters. The topological polar surface area (TPSA) is 74.2 Å². The molecule has 6 nitrogen and oxygen atoms in total. The van der Waals surface area contributed by atoms with E-state index in [2.05, 4.69) is 11.8 Å². The average molecular weight is 441 g/mol. The second-order valence-electron chi connectivity index (χ2n) is 7.04. The Morgan fingerprint density at radius 3 is 2.59 bits per heavy atom. The van der Waals surface area contributed by atoms with E-state index in [-0.39, 0.29) is 0 Å². The van der Waals surface area contributed by atoms with Crippen LogP contribution >= 0.6 is 0 Å². The Morgan fingerprint density at radius 1 is 1.16 bits per heavy atom. The monoisotopic (exact) mass is 440 g/mol. The van der Waals surface area contributed by atoms with Crippen LogP contribution in [0.15, 0.2) is 60.4 Å². The number of benzene rings is 1. The van der Waals surface area contributed by atoms with Crippen LogP contribution in [0, 0.1) is 11.8 Å². The zero-order valence-corrected chi connectivity index (χ0v) is 19.0. The summed E-state index contributed by atoms with van der Waals surface area (Å²) in [6.07, 6.45) is 9.46. The average Bonchev–Trinajstić information content (AvgIpc) is 2.77. The molecule has 1 aromatic carbocycles. The van der Waals surface area contributed by atoms with E-state index in [1.165, 1.54) is 0 Å². The molecule has 0 fully saturated rings. The van der Waals surface area contributed by atoms with Gasteiger partial charge in [0, 0.05) is 26.1 Å². The highest BCUT2D eigenvalue weighted by Gasteiger charge is 2.29. The first kappa shape index (κ1) is 25.3. The largest absolute Gasteiger partial charge is 0.498 e. The van der Waals surface area contributed by atoms with E-state index in [4.69, 9.17) is 18.9 Å². The Labute approximate surface area is 190 Å². The van der Waals surface area contributed by atoms with E-state index in [1.807, 2.05) is 62.4 Å². The first-order valence-corrected chi connectivity index (χ1v) is 10.9. The summed E-state index contributed by atoms with van der Waals surface area (Å²) in [6.45, 7) is 7.58. The van der Waals surface area contributed by atoms with E-state index in [9.17, 15) is 9.90 Å². The van der Waals surface area contributed by atoms with Gasteiger partial charge in [0.05, 0.1) is 6.61 Å². The second-order valence-corrected chi connectivity index (χ2v) is 7.04. The molecule has 1 aliphatic rings. The highest BCUT2D eigenvalue weighted by Crippen LogP contribution is 2.27. The molecular weight excluding hydrogens is 408 g/mol. The lowest BCUT2D eigenvalue weighted by Crippen LogP contribution is -2.31. The fraction of sp³-hybridized carbons (Fsp3) is 0.423. The standard InChI is InChI=1S/C26H32O6/c1-4-29-23-11-10-17-26(20-23,32-6-3)16-8-7-9-18-31-22-14-12-21(13-15-22)19-24(25(27)28)30-5-2/h7,9-15,17,24H,4-6,18-20H2,1-3H3,(H,27,28)/t24-,26?/m0/s1. The van der Waals surface area contributed by atoms with Crippen molar-refractivity contribution in [1.82, 2.24) is 0 Å². The van der Waals surface area contributed by atoms with Crippen LogP contribution in [-0.2, 0) is 25.4 Å². The van der Waals surface area contributed by atoms with Crippen molar-refractivity contribution >= 4 is 5.97 Å². The zero-order valence-electron chi connectivity index (χ0n) is 19.0. The molecule has 172 valence electrons. The molecule has 1 aliphatic carbocycles. The molecule has 1 N–H and O–H groups in total. The van der Waals surface area contributed by atoms with Crippen LogP contribution in [0.2, 0.25) is 0 Å². The number of hydrogen-bond donors (Lipinski definition) is 1. The summed E-state index contributed by atoms with van der Waals surface area (Å²) in [5.74, 6) is 6.83. The molecular formula is C26H32O6. The maximum Gasteiger partial charge on any atom is 0.333 e. The summed E-state index contributed by atoms with van der Waals surface area (Å²) in [6, 6.07) is 7.33. The third-order valence-electron chi connectivity index (χ3n) is 4.63. The molecule has 0 aromatic heterocycles. The van der Waals surface area contributed by atoms with Gasteiger partial charge in [0.1, 0.15) is 18.1 Å². The van der Waals surface area contributed by atoms with Gasteiger partial charge in [0.15, 0.2) is 11.7 Å². The third-order valence-corrected chi connectivity index (χ3v) is 4.63. The number of ether oxygens (including phenoxy) is 4. The number of carboxylic acid groups (broad SMARTS) is 1. The zero-order chi connectivity index (χ0) is 23.2. The van der Waals surface area contributed by atoms with Gasteiger partial charge in [-0.3, -0.25) is 0 Å². The molecule has 2 rings (SSSR count). The Bertz CT molecular complexity index is 872. The SMILES string of the molecule is CCOC1=CC=CC(C#CC=CCOc2ccc(C[C@H](OCC)C(=O)O)cc2)(OCC)C1. The molecule has 0 amide bonds. The summed E-state index contributed by atoms with van der Waals surface area (Å²) < 4.78 is 22.5. The number of hydrogen-bond acceptors (Lipinski definition) is 5. The van der Waals surface area contributed by atoms with Crippen LogP contribution in [0.1, 0.15) is 32.8 Å². The first-order chi connectivity index (χ1) is 15.5. The summed E-state index contributed by atoms with van der Waals surface area (Å²) in [4.78, 5) is 11.2. The molecule has 0 saturated carbocycles. The van der Waals surface area contributed by atoms with Crippen molar-refractivity contribution < 1.29 is 28.8 Å². The number of allylic oxidation sites excluding steroid dienone is 3. The number of carboxylic acids is 1. The molecule has 0 saturated heterocycles. The van der Waals surface area contributed by atoms with Crippen LogP contribution < -0.4 is 4.74 Å². The van der Waals surface area contributed by atoms with Crippen LogP contribution in [0.25, 0.3) is 0 Å². The second kappa shape index (κ2) is 13.4. The van der Waals surface area contributed by atoms with E-state index in [0.717, 1.165) is 11.3 Å². The molecule has 6 heteroatoms. The third kappa shape index (κ3) is 8.26.